The Balaban J connectivity index is 1.61. The minimum absolute atomic E-state index is 0.182. The smallest absolute Gasteiger partial charge is 0.423 e. The summed E-state index contributed by atoms with van der Waals surface area (Å²) in [6, 6.07) is 19.0. The molecule has 1 heterocycles. The molecule has 124 valence electrons. The van der Waals surface area contributed by atoms with Crippen molar-refractivity contribution in [2.45, 2.75) is 19.4 Å². The van der Waals surface area contributed by atoms with Gasteiger partial charge >= 0.3 is 7.12 Å². The van der Waals surface area contributed by atoms with Gasteiger partial charge in [-0.3, -0.25) is 4.79 Å². The lowest BCUT2D eigenvalue weighted by molar-refractivity contribution is 0.101. The molecule has 1 amide bonds. The van der Waals surface area contributed by atoms with Crippen molar-refractivity contribution in [1.82, 2.24) is 0 Å². The molecule has 0 saturated carbocycles. The lowest BCUT2D eigenvalue weighted by atomic mass is 9.78. The zero-order valence-electron chi connectivity index (χ0n) is 14.1. The molecule has 5 heteroatoms. The second kappa shape index (κ2) is 5.72. The molecule has 0 saturated heterocycles. The highest BCUT2D eigenvalue weighted by molar-refractivity contribution is 6.62. The molecule has 0 radical (unpaired) electrons. The van der Waals surface area contributed by atoms with Gasteiger partial charge in [-0.1, -0.05) is 36.4 Å². The van der Waals surface area contributed by atoms with Gasteiger partial charge in [-0.2, -0.15) is 0 Å². The van der Waals surface area contributed by atoms with Crippen LogP contribution in [-0.2, 0) is 10.3 Å². The third-order valence-corrected chi connectivity index (χ3v) is 4.64. The zero-order chi connectivity index (χ0) is 17.6. The van der Waals surface area contributed by atoms with E-state index < -0.39 is 12.7 Å². The van der Waals surface area contributed by atoms with Gasteiger partial charge in [0, 0.05) is 11.3 Å². The largest absolute Gasteiger partial charge is 0.492 e. The van der Waals surface area contributed by atoms with E-state index in [1.807, 2.05) is 68.4 Å². The molecule has 0 aromatic heterocycles. The summed E-state index contributed by atoms with van der Waals surface area (Å²) in [7, 11) is -0.970. The number of anilines is 1. The lowest BCUT2D eigenvalue weighted by Crippen LogP contribution is -2.29. The number of benzene rings is 3. The first-order valence-electron chi connectivity index (χ1n) is 8.24. The van der Waals surface area contributed by atoms with Crippen LogP contribution in [0.4, 0.5) is 5.69 Å². The Labute approximate surface area is 146 Å². The predicted molar refractivity (Wildman–Crippen MR) is 100 cm³/mol. The number of rotatable bonds is 2. The van der Waals surface area contributed by atoms with Crippen molar-refractivity contribution in [3.05, 3.63) is 71.8 Å². The van der Waals surface area contributed by atoms with Crippen LogP contribution >= 0.6 is 0 Å². The van der Waals surface area contributed by atoms with Gasteiger partial charge in [0.2, 0.25) is 0 Å². The SMILES string of the molecule is CC1(C)OB(O)c2cc(NC(=O)c3ccc4ccccc4c3)ccc21. The van der Waals surface area contributed by atoms with Crippen LogP contribution in [0, 0.1) is 0 Å². The molecule has 0 spiro atoms. The maximum absolute atomic E-state index is 12.6. The van der Waals surface area contributed by atoms with E-state index in [0.29, 0.717) is 16.7 Å². The zero-order valence-corrected chi connectivity index (χ0v) is 14.1. The molecule has 0 bridgehead atoms. The molecular weight excluding hydrogens is 313 g/mol. The summed E-state index contributed by atoms with van der Waals surface area (Å²) in [4.78, 5) is 12.6. The van der Waals surface area contributed by atoms with Gasteiger partial charge in [0.25, 0.3) is 5.91 Å². The van der Waals surface area contributed by atoms with Gasteiger partial charge in [-0.15, -0.1) is 0 Å². The fourth-order valence-electron chi connectivity index (χ4n) is 3.33. The average Bonchev–Trinajstić information content (AvgIpc) is 2.83. The predicted octanol–water partition coefficient (Wildman–Crippen LogP) is 3.04. The molecule has 0 fully saturated rings. The quantitative estimate of drug-likeness (QED) is 0.710. The van der Waals surface area contributed by atoms with Crippen molar-refractivity contribution < 1.29 is 14.5 Å². The van der Waals surface area contributed by atoms with Gasteiger partial charge in [0.15, 0.2) is 0 Å². The Bertz CT molecular complexity index is 984. The minimum atomic E-state index is -0.970. The molecule has 0 aliphatic carbocycles. The van der Waals surface area contributed by atoms with Gasteiger partial charge in [-0.25, -0.2) is 0 Å². The van der Waals surface area contributed by atoms with Crippen molar-refractivity contribution in [3.63, 3.8) is 0 Å². The van der Waals surface area contributed by atoms with E-state index >= 15 is 0 Å². The van der Waals surface area contributed by atoms with Gasteiger partial charge in [-0.05, 0) is 59.9 Å². The Hall–Kier alpha value is -2.63. The first-order chi connectivity index (χ1) is 11.9. The number of hydrogen-bond acceptors (Lipinski definition) is 3. The fraction of sp³-hybridized carbons (Fsp3) is 0.150. The Kier molecular flexibility index (Phi) is 3.63. The maximum Gasteiger partial charge on any atom is 0.492 e. The van der Waals surface area contributed by atoms with Crippen LogP contribution in [0.1, 0.15) is 29.8 Å². The molecule has 1 aliphatic heterocycles. The van der Waals surface area contributed by atoms with E-state index in [1.165, 1.54) is 0 Å². The van der Waals surface area contributed by atoms with Crippen LogP contribution in [0.3, 0.4) is 0 Å². The van der Waals surface area contributed by atoms with Gasteiger partial charge in [0.1, 0.15) is 0 Å². The van der Waals surface area contributed by atoms with E-state index in [0.717, 1.165) is 16.3 Å². The van der Waals surface area contributed by atoms with Crippen LogP contribution in [-0.4, -0.2) is 18.0 Å². The summed E-state index contributed by atoms with van der Waals surface area (Å²) in [5.74, 6) is -0.182. The standard InChI is InChI=1S/C20H18BNO3/c1-20(2)17-10-9-16(12-18(17)21(24)25-20)22-19(23)15-8-7-13-5-3-4-6-14(13)11-15/h3-12,24H,1-2H3,(H,22,23). The summed E-state index contributed by atoms with van der Waals surface area (Å²) < 4.78 is 5.55. The highest BCUT2D eigenvalue weighted by Gasteiger charge is 2.40. The fourth-order valence-corrected chi connectivity index (χ4v) is 3.33. The third kappa shape index (κ3) is 2.82. The summed E-state index contributed by atoms with van der Waals surface area (Å²) in [6.45, 7) is 3.82. The van der Waals surface area contributed by atoms with Crippen LogP contribution in [0.2, 0.25) is 0 Å². The molecular formula is C20H18BNO3. The molecule has 4 rings (SSSR count). The number of fused-ring (bicyclic) bond motifs is 2. The molecule has 3 aromatic carbocycles. The van der Waals surface area contributed by atoms with Crippen molar-refractivity contribution in [3.8, 4) is 0 Å². The summed E-state index contributed by atoms with van der Waals surface area (Å²) >= 11 is 0. The van der Waals surface area contributed by atoms with Crippen LogP contribution in [0.5, 0.6) is 0 Å². The van der Waals surface area contributed by atoms with Crippen molar-refractivity contribution in [1.29, 1.82) is 0 Å². The number of carbonyl (C=O) groups excluding carboxylic acids is 1. The molecule has 0 unspecified atom stereocenters. The second-order valence-electron chi connectivity index (χ2n) is 6.80. The molecule has 4 nitrogen and oxygen atoms in total. The lowest BCUT2D eigenvalue weighted by Gasteiger charge is -2.19. The third-order valence-electron chi connectivity index (χ3n) is 4.64. The van der Waals surface area contributed by atoms with E-state index in [2.05, 4.69) is 5.32 Å². The molecule has 3 aromatic rings. The summed E-state index contributed by atoms with van der Waals surface area (Å²) in [5.41, 5.74) is 2.33. The van der Waals surface area contributed by atoms with Crippen LogP contribution in [0.25, 0.3) is 10.8 Å². The van der Waals surface area contributed by atoms with Gasteiger partial charge in [0.05, 0.1) is 5.60 Å². The van der Waals surface area contributed by atoms with E-state index in [4.69, 9.17) is 4.65 Å². The van der Waals surface area contributed by atoms with E-state index in [9.17, 15) is 9.82 Å². The maximum atomic E-state index is 12.6. The van der Waals surface area contributed by atoms with Crippen molar-refractivity contribution in [2.24, 2.45) is 0 Å². The Morgan fingerprint density at radius 1 is 1.04 bits per heavy atom. The van der Waals surface area contributed by atoms with Crippen molar-refractivity contribution in [2.75, 3.05) is 5.32 Å². The molecule has 25 heavy (non-hydrogen) atoms. The van der Waals surface area contributed by atoms with Gasteiger partial charge < -0.3 is 15.0 Å². The molecule has 2 N–H and O–H groups in total. The van der Waals surface area contributed by atoms with Crippen LogP contribution in [0.15, 0.2) is 60.7 Å². The van der Waals surface area contributed by atoms with E-state index in [1.54, 1.807) is 6.07 Å². The number of amides is 1. The Morgan fingerprint density at radius 2 is 1.80 bits per heavy atom. The number of nitrogens with one attached hydrogen (secondary N) is 1. The minimum Gasteiger partial charge on any atom is -0.423 e. The van der Waals surface area contributed by atoms with E-state index in [-0.39, 0.29) is 5.91 Å². The number of carbonyl (C=O) groups is 1. The van der Waals surface area contributed by atoms with Crippen LogP contribution < -0.4 is 10.8 Å². The topological polar surface area (TPSA) is 58.6 Å². The second-order valence-corrected chi connectivity index (χ2v) is 6.80. The normalized spacial score (nSPS) is 15.2. The highest BCUT2D eigenvalue weighted by Crippen LogP contribution is 2.30. The first-order valence-corrected chi connectivity index (χ1v) is 8.24. The monoisotopic (exact) mass is 331 g/mol. The molecule has 1 aliphatic rings. The Morgan fingerprint density at radius 3 is 2.60 bits per heavy atom. The number of hydrogen-bond donors (Lipinski definition) is 2. The van der Waals surface area contributed by atoms with Crippen molar-refractivity contribution >= 4 is 34.9 Å². The average molecular weight is 331 g/mol. The summed E-state index contributed by atoms with van der Waals surface area (Å²) in [6.07, 6.45) is 0. The molecule has 0 atom stereocenters. The first kappa shape index (κ1) is 15.9. The summed E-state index contributed by atoms with van der Waals surface area (Å²) in [5, 5.41) is 15.1. The highest BCUT2D eigenvalue weighted by atomic mass is 16.5.